The van der Waals surface area contributed by atoms with Crippen molar-refractivity contribution in [3.8, 4) is 11.5 Å². The number of ether oxygens (including phenoxy) is 1. The standard InChI is InChI=1S/C29H51O5P.2Na/c1-20(2)12-9-13-21(3)14-10-15-22(4)16-11-18-29(8)19-17-26-25(7)27(34-35(30,31)32)23(5)24(6)28(26)33-29;;/h20-22H,9-19H2,1-8H3,(H2,30,31,32);;/t21-,22-,29-;;/m1../s1. The fourth-order valence-electron chi connectivity index (χ4n) is 5.52. The Kier molecular flexibility index (Phi) is 17.5. The Balaban J connectivity index is 0.00000648. The quantitative estimate of drug-likeness (QED) is 0.180. The molecular formula is C29H51Na2O5P. The molecule has 8 heteroatoms. The van der Waals surface area contributed by atoms with Gasteiger partial charge in [-0.1, -0.05) is 72.6 Å². The number of benzene rings is 1. The van der Waals surface area contributed by atoms with Gasteiger partial charge in [-0.2, -0.15) is 0 Å². The minimum atomic E-state index is -4.61. The number of hydrogen-bond donors (Lipinski definition) is 2. The number of phosphoric acid groups is 1. The minimum Gasteiger partial charge on any atom is -0.487 e. The molecule has 1 aromatic rings. The molecule has 0 bridgehead atoms. The zero-order chi connectivity index (χ0) is 26.4. The predicted molar refractivity (Wildman–Crippen MR) is 157 cm³/mol. The summed E-state index contributed by atoms with van der Waals surface area (Å²) in [5, 5.41) is 0. The van der Waals surface area contributed by atoms with Crippen LogP contribution in [0.15, 0.2) is 0 Å². The van der Waals surface area contributed by atoms with Gasteiger partial charge in [-0.05, 0) is 87.8 Å². The maximum absolute atomic E-state index is 11.5. The molecule has 0 saturated heterocycles. The number of fused-ring (bicyclic) bond motifs is 1. The molecule has 2 N–H and O–H groups in total. The van der Waals surface area contributed by atoms with Crippen molar-refractivity contribution < 1.29 is 23.6 Å². The fourth-order valence-corrected chi connectivity index (χ4v) is 6.03. The van der Waals surface area contributed by atoms with E-state index in [0.717, 1.165) is 71.4 Å². The van der Waals surface area contributed by atoms with Crippen LogP contribution in [0.3, 0.4) is 0 Å². The molecule has 1 aliphatic heterocycles. The van der Waals surface area contributed by atoms with E-state index in [1.165, 1.54) is 44.9 Å². The van der Waals surface area contributed by atoms with Crippen LogP contribution in [0.4, 0.5) is 0 Å². The Bertz CT molecular complexity index is 886. The Morgan fingerprint density at radius 3 is 1.89 bits per heavy atom. The Morgan fingerprint density at radius 1 is 0.865 bits per heavy atom. The zero-order valence-electron chi connectivity index (χ0n) is 25.6. The third kappa shape index (κ3) is 12.6. The van der Waals surface area contributed by atoms with Crippen molar-refractivity contribution >= 4 is 66.9 Å². The molecule has 0 fully saturated rings. The van der Waals surface area contributed by atoms with Crippen LogP contribution in [0.2, 0.25) is 0 Å². The Morgan fingerprint density at radius 2 is 1.38 bits per heavy atom. The molecule has 0 aliphatic carbocycles. The minimum absolute atomic E-state index is 0. The second-order valence-electron chi connectivity index (χ2n) is 12.0. The first-order valence-corrected chi connectivity index (χ1v) is 15.3. The molecule has 0 unspecified atom stereocenters. The molecule has 2 radical (unpaired) electrons. The van der Waals surface area contributed by atoms with Crippen molar-refractivity contribution in [2.24, 2.45) is 17.8 Å². The van der Waals surface area contributed by atoms with E-state index in [1.54, 1.807) is 0 Å². The monoisotopic (exact) mass is 556 g/mol. The third-order valence-corrected chi connectivity index (χ3v) is 8.47. The van der Waals surface area contributed by atoms with Gasteiger partial charge in [0, 0.05) is 64.7 Å². The smallest absolute Gasteiger partial charge is 0.487 e. The molecular weight excluding hydrogens is 505 g/mol. The molecule has 37 heavy (non-hydrogen) atoms. The van der Waals surface area contributed by atoms with Crippen molar-refractivity contribution in [2.75, 3.05) is 0 Å². The molecule has 5 nitrogen and oxygen atoms in total. The van der Waals surface area contributed by atoms with Crippen LogP contribution in [-0.2, 0) is 11.0 Å². The molecule has 2 rings (SSSR count). The van der Waals surface area contributed by atoms with E-state index in [2.05, 4.69) is 34.6 Å². The fraction of sp³-hybridized carbons (Fsp3) is 0.793. The maximum atomic E-state index is 11.5. The summed E-state index contributed by atoms with van der Waals surface area (Å²) >= 11 is 0. The van der Waals surface area contributed by atoms with Gasteiger partial charge in [0.2, 0.25) is 0 Å². The molecule has 1 aliphatic rings. The Labute approximate surface area is 271 Å². The second-order valence-corrected chi connectivity index (χ2v) is 13.2. The first-order valence-electron chi connectivity index (χ1n) is 13.8. The third-order valence-electron chi connectivity index (χ3n) is 8.05. The van der Waals surface area contributed by atoms with E-state index in [9.17, 15) is 14.4 Å². The summed E-state index contributed by atoms with van der Waals surface area (Å²) in [7, 11) is -4.61. The summed E-state index contributed by atoms with van der Waals surface area (Å²) in [4.78, 5) is 18.7. The van der Waals surface area contributed by atoms with Crippen LogP contribution in [0.1, 0.15) is 121 Å². The zero-order valence-corrected chi connectivity index (χ0v) is 30.5. The van der Waals surface area contributed by atoms with E-state index < -0.39 is 7.82 Å². The summed E-state index contributed by atoms with van der Waals surface area (Å²) in [5.74, 6) is 3.59. The van der Waals surface area contributed by atoms with Crippen molar-refractivity contribution in [3.05, 3.63) is 22.3 Å². The molecule has 0 saturated carbocycles. The van der Waals surface area contributed by atoms with Crippen LogP contribution < -0.4 is 9.26 Å². The van der Waals surface area contributed by atoms with Crippen molar-refractivity contribution in [2.45, 2.75) is 132 Å². The largest absolute Gasteiger partial charge is 0.524 e. The van der Waals surface area contributed by atoms with Gasteiger partial charge in [0.05, 0.1) is 0 Å². The van der Waals surface area contributed by atoms with Gasteiger partial charge in [0.1, 0.15) is 17.1 Å². The van der Waals surface area contributed by atoms with Crippen LogP contribution in [0.25, 0.3) is 0 Å². The summed E-state index contributed by atoms with van der Waals surface area (Å²) in [6.07, 6.45) is 13.3. The summed E-state index contributed by atoms with van der Waals surface area (Å²) < 4.78 is 23.1. The van der Waals surface area contributed by atoms with Gasteiger partial charge in [0.25, 0.3) is 0 Å². The average molecular weight is 557 g/mol. The van der Waals surface area contributed by atoms with Crippen molar-refractivity contribution in [1.82, 2.24) is 0 Å². The summed E-state index contributed by atoms with van der Waals surface area (Å²) in [6.45, 7) is 17.3. The van der Waals surface area contributed by atoms with E-state index >= 15 is 0 Å². The molecule has 1 heterocycles. The van der Waals surface area contributed by atoms with Crippen molar-refractivity contribution in [3.63, 3.8) is 0 Å². The SMILES string of the molecule is Cc1c(C)c2c(c(C)c1OP(=O)(O)O)CC[C@@](C)(CCC[C@H](C)CCC[C@H](C)CCCC(C)C)O2.[Na].[Na]. The average Bonchev–Trinajstić information content (AvgIpc) is 2.74. The maximum Gasteiger partial charge on any atom is 0.524 e. The first-order chi connectivity index (χ1) is 16.2. The molecule has 0 aromatic heterocycles. The second kappa shape index (κ2) is 17.0. The normalized spacial score (nSPS) is 18.8. The molecule has 3 atom stereocenters. The molecule has 204 valence electrons. The van der Waals surface area contributed by atoms with E-state index in [-0.39, 0.29) is 64.7 Å². The topological polar surface area (TPSA) is 76.0 Å². The Hall–Kier alpha value is 0.970. The van der Waals surface area contributed by atoms with Crippen LogP contribution in [0.5, 0.6) is 11.5 Å². The first kappa shape index (κ1) is 38.0. The van der Waals surface area contributed by atoms with Gasteiger partial charge in [0.15, 0.2) is 0 Å². The summed E-state index contributed by atoms with van der Waals surface area (Å²) in [5.41, 5.74) is 3.24. The summed E-state index contributed by atoms with van der Waals surface area (Å²) in [6, 6.07) is 0. The number of phosphoric ester groups is 1. The van der Waals surface area contributed by atoms with E-state index in [1.807, 2.05) is 20.8 Å². The molecule has 1 aromatic carbocycles. The van der Waals surface area contributed by atoms with Crippen molar-refractivity contribution in [1.29, 1.82) is 0 Å². The van der Waals surface area contributed by atoms with Gasteiger partial charge in [-0.25, -0.2) is 4.57 Å². The predicted octanol–water partition coefficient (Wildman–Crippen LogP) is 7.84. The van der Waals surface area contributed by atoms with Crippen LogP contribution in [-0.4, -0.2) is 74.5 Å². The molecule has 0 spiro atoms. The number of rotatable bonds is 14. The van der Waals surface area contributed by atoms with Gasteiger partial charge in [-0.3, -0.25) is 9.79 Å². The van der Waals surface area contributed by atoms with Gasteiger partial charge in [-0.15, -0.1) is 0 Å². The molecule has 0 amide bonds. The van der Waals surface area contributed by atoms with Crippen LogP contribution >= 0.6 is 7.82 Å². The number of hydrogen-bond acceptors (Lipinski definition) is 3. The van der Waals surface area contributed by atoms with Gasteiger partial charge >= 0.3 is 7.82 Å². The van der Waals surface area contributed by atoms with E-state index in [4.69, 9.17) is 9.26 Å². The van der Waals surface area contributed by atoms with Crippen LogP contribution in [0, 0.1) is 38.5 Å². The van der Waals surface area contributed by atoms with Gasteiger partial charge < -0.3 is 9.26 Å². The van der Waals surface area contributed by atoms with E-state index in [0.29, 0.717) is 5.75 Å².